The molecule has 3 N–H and O–H groups in total. The second kappa shape index (κ2) is 6.09. The molecular weight excluding hydrogens is 268 g/mol. The first-order valence-electron chi connectivity index (χ1n) is 6.45. The van der Waals surface area contributed by atoms with Crippen molar-refractivity contribution in [1.82, 2.24) is 0 Å². The van der Waals surface area contributed by atoms with E-state index in [1.807, 2.05) is 25.1 Å². The van der Waals surface area contributed by atoms with Crippen LogP contribution in [0.25, 0.3) is 0 Å². The van der Waals surface area contributed by atoms with E-state index in [2.05, 4.69) is 10.6 Å². The Morgan fingerprint density at radius 1 is 0.857 bits per heavy atom. The number of carbonyl (C=O) groups is 2. The minimum atomic E-state index is -1.07. The number of hydrogen-bond donors (Lipinski definition) is 3. The van der Waals surface area contributed by atoms with Crippen molar-refractivity contribution >= 4 is 23.4 Å². The van der Waals surface area contributed by atoms with Gasteiger partial charge in [-0.1, -0.05) is 30.3 Å². The molecule has 0 saturated heterocycles. The predicted molar refractivity (Wildman–Crippen MR) is 82.0 cm³/mol. The number of para-hydroxylation sites is 1. The van der Waals surface area contributed by atoms with Gasteiger partial charge in [0.15, 0.2) is 0 Å². The number of aryl methyl sites for hydroxylation is 2. The van der Waals surface area contributed by atoms with Crippen molar-refractivity contribution in [2.45, 2.75) is 13.8 Å². The van der Waals surface area contributed by atoms with Crippen LogP contribution in [-0.4, -0.2) is 17.1 Å². The molecule has 5 nitrogen and oxygen atoms in total. The molecule has 2 amide bonds. The first-order valence-corrected chi connectivity index (χ1v) is 6.45. The quantitative estimate of drug-likeness (QED) is 0.805. The molecule has 0 aliphatic carbocycles. The van der Waals surface area contributed by atoms with Crippen molar-refractivity contribution in [1.29, 1.82) is 0 Å². The average molecular weight is 284 g/mol. The molecule has 0 fully saturated rings. The highest BCUT2D eigenvalue weighted by molar-refractivity contribution is 6.05. The highest BCUT2D eigenvalue weighted by Gasteiger charge is 2.15. The summed E-state index contributed by atoms with van der Waals surface area (Å²) in [5.41, 5.74) is 2.57. The molecule has 0 aliphatic heterocycles. The number of carbonyl (C=O) groups excluding carboxylic acids is 1. The van der Waals surface area contributed by atoms with Gasteiger partial charge in [-0.05, 0) is 37.1 Å². The van der Waals surface area contributed by atoms with Crippen molar-refractivity contribution in [3.05, 3.63) is 59.2 Å². The van der Waals surface area contributed by atoms with E-state index in [0.717, 1.165) is 5.56 Å². The van der Waals surface area contributed by atoms with Crippen LogP contribution in [0.2, 0.25) is 0 Å². The van der Waals surface area contributed by atoms with Gasteiger partial charge in [-0.25, -0.2) is 9.59 Å². The molecule has 0 saturated carbocycles. The monoisotopic (exact) mass is 284 g/mol. The average Bonchev–Trinajstić information content (AvgIpc) is 2.41. The third-order valence-electron chi connectivity index (χ3n) is 3.13. The van der Waals surface area contributed by atoms with Gasteiger partial charge in [0, 0.05) is 5.69 Å². The summed E-state index contributed by atoms with van der Waals surface area (Å²) in [4.78, 5) is 23.3. The molecule has 108 valence electrons. The molecule has 0 heterocycles. The lowest BCUT2D eigenvalue weighted by molar-refractivity contribution is 0.0697. The summed E-state index contributed by atoms with van der Waals surface area (Å²) in [6, 6.07) is 11.8. The normalized spacial score (nSPS) is 10.0. The van der Waals surface area contributed by atoms with E-state index in [-0.39, 0.29) is 11.3 Å². The van der Waals surface area contributed by atoms with Gasteiger partial charge in [0.1, 0.15) is 0 Å². The first kappa shape index (κ1) is 14.6. The van der Waals surface area contributed by atoms with E-state index >= 15 is 0 Å². The highest BCUT2D eigenvalue weighted by atomic mass is 16.4. The number of hydrogen-bond acceptors (Lipinski definition) is 2. The minimum absolute atomic E-state index is 0.0948. The van der Waals surface area contributed by atoms with E-state index in [1.54, 1.807) is 31.2 Å². The van der Waals surface area contributed by atoms with Crippen molar-refractivity contribution in [2.24, 2.45) is 0 Å². The Morgan fingerprint density at radius 3 is 2.10 bits per heavy atom. The first-order chi connectivity index (χ1) is 9.99. The van der Waals surface area contributed by atoms with E-state index in [4.69, 9.17) is 0 Å². The van der Waals surface area contributed by atoms with Crippen molar-refractivity contribution in [2.75, 3.05) is 10.6 Å². The number of amides is 2. The number of nitrogens with one attached hydrogen (secondary N) is 2. The summed E-state index contributed by atoms with van der Waals surface area (Å²) in [5.74, 6) is -1.07. The van der Waals surface area contributed by atoms with E-state index < -0.39 is 12.0 Å². The molecule has 5 heteroatoms. The molecule has 0 aliphatic rings. The Bertz CT molecular complexity index is 696. The number of carboxylic acid groups (broad SMARTS) is 1. The van der Waals surface area contributed by atoms with Gasteiger partial charge in [-0.2, -0.15) is 0 Å². The van der Waals surface area contributed by atoms with Crippen LogP contribution in [0.4, 0.5) is 16.2 Å². The van der Waals surface area contributed by atoms with Crippen LogP contribution in [0.1, 0.15) is 21.5 Å². The summed E-state index contributed by atoms with van der Waals surface area (Å²) < 4.78 is 0. The van der Waals surface area contributed by atoms with Gasteiger partial charge in [0.25, 0.3) is 0 Å². The largest absolute Gasteiger partial charge is 0.478 e. The SMILES string of the molecule is Cc1ccccc1NC(=O)Nc1cccc(C)c1C(=O)O. The van der Waals surface area contributed by atoms with Gasteiger partial charge in [0.05, 0.1) is 11.3 Å². The molecule has 0 aromatic heterocycles. The molecule has 0 radical (unpaired) electrons. The Labute approximate surface area is 122 Å². The number of urea groups is 1. The maximum atomic E-state index is 12.0. The Hall–Kier alpha value is -2.82. The van der Waals surface area contributed by atoms with Crippen molar-refractivity contribution < 1.29 is 14.7 Å². The molecule has 2 rings (SSSR count). The van der Waals surface area contributed by atoms with E-state index in [9.17, 15) is 14.7 Å². The topological polar surface area (TPSA) is 78.4 Å². The standard InChI is InChI=1S/C16H16N2O3/c1-10-6-3-4-8-12(10)17-16(21)18-13-9-5-7-11(2)14(13)15(19)20/h3-9H,1-2H3,(H,19,20)(H2,17,18,21). The zero-order valence-corrected chi connectivity index (χ0v) is 11.8. The Morgan fingerprint density at radius 2 is 1.43 bits per heavy atom. The second-order valence-corrected chi connectivity index (χ2v) is 4.70. The number of benzene rings is 2. The Kier molecular flexibility index (Phi) is 4.23. The summed E-state index contributed by atoms with van der Waals surface area (Å²) >= 11 is 0. The lowest BCUT2D eigenvalue weighted by atomic mass is 10.1. The van der Waals surface area contributed by atoms with E-state index in [1.165, 1.54) is 0 Å². The zero-order chi connectivity index (χ0) is 15.4. The van der Waals surface area contributed by atoms with Crippen LogP contribution in [0, 0.1) is 13.8 Å². The summed E-state index contributed by atoms with van der Waals surface area (Å²) in [6.45, 7) is 3.57. The number of aromatic carboxylic acids is 1. The smallest absolute Gasteiger partial charge is 0.338 e. The fourth-order valence-corrected chi connectivity index (χ4v) is 2.04. The lowest BCUT2D eigenvalue weighted by Gasteiger charge is -2.12. The molecule has 2 aromatic carbocycles. The van der Waals surface area contributed by atoms with Crippen LogP contribution in [0.15, 0.2) is 42.5 Å². The molecule has 0 spiro atoms. The van der Waals surface area contributed by atoms with Crippen molar-refractivity contribution in [3.63, 3.8) is 0 Å². The van der Waals surface area contributed by atoms with Gasteiger partial charge in [-0.3, -0.25) is 0 Å². The molecule has 2 aromatic rings. The van der Waals surface area contributed by atoms with Gasteiger partial charge in [0.2, 0.25) is 0 Å². The van der Waals surface area contributed by atoms with Crippen molar-refractivity contribution in [3.8, 4) is 0 Å². The molecular formula is C16H16N2O3. The van der Waals surface area contributed by atoms with Gasteiger partial charge in [-0.15, -0.1) is 0 Å². The minimum Gasteiger partial charge on any atom is -0.478 e. The van der Waals surface area contributed by atoms with Gasteiger partial charge >= 0.3 is 12.0 Å². The molecule has 21 heavy (non-hydrogen) atoms. The second-order valence-electron chi connectivity index (χ2n) is 4.70. The third kappa shape index (κ3) is 3.39. The summed E-state index contributed by atoms with van der Waals surface area (Å²) in [7, 11) is 0. The maximum Gasteiger partial charge on any atom is 0.338 e. The van der Waals surface area contributed by atoms with Crippen LogP contribution >= 0.6 is 0 Å². The fourth-order valence-electron chi connectivity index (χ4n) is 2.04. The third-order valence-corrected chi connectivity index (χ3v) is 3.13. The predicted octanol–water partition coefficient (Wildman–Crippen LogP) is 3.65. The van der Waals surface area contributed by atoms with Crippen LogP contribution in [-0.2, 0) is 0 Å². The molecule has 0 bridgehead atoms. The summed E-state index contributed by atoms with van der Waals surface area (Å²) in [5, 5.41) is 14.5. The maximum absolute atomic E-state index is 12.0. The van der Waals surface area contributed by atoms with Crippen LogP contribution < -0.4 is 10.6 Å². The van der Waals surface area contributed by atoms with Gasteiger partial charge < -0.3 is 15.7 Å². The fraction of sp³-hybridized carbons (Fsp3) is 0.125. The van der Waals surface area contributed by atoms with Crippen LogP contribution in [0.5, 0.6) is 0 Å². The summed E-state index contributed by atoms with van der Waals surface area (Å²) in [6.07, 6.45) is 0. The lowest BCUT2D eigenvalue weighted by Crippen LogP contribution is -2.21. The van der Waals surface area contributed by atoms with E-state index in [0.29, 0.717) is 11.3 Å². The number of anilines is 2. The number of rotatable bonds is 3. The zero-order valence-electron chi connectivity index (χ0n) is 11.8. The van der Waals surface area contributed by atoms with Crippen LogP contribution in [0.3, 0.4) is 0 Å². The number of carboxylic acids is 1. The molecule has 0 atom stereocenters. The molecule has 0 unspecified atom stereocenters. The highest BCUT2D eigenvalue weighted by Crippen LogP contribution is 2.20. The Balaban J connectivity index is 2.19.